The number of benzene rings is 2. The van der Waals surface area contributed by atoms with Crippen LogP contribution < -0.4 is 4.74 Å². The summed E-state index contributed by atoms with van der Waals surface area (Å²) in [6.45, 7) is -1.06. The molecule has 0 N–H and O–H groups in total. The lowest BCUT2D eigenvalue weighted by molar-refractivity contribution is -0.301. The van der Waals surface area contributed by atoms with Crippen LogP contribution >= 0.6 is 11.6 Å². The Kier molecular flexibility index (Phi) is 6.57. The van der Waals surface area contributed by atoms with Crippen LogP contribution in [0.5, 0.6) is 5.75 Å². The zero-order valence-electron chi connectivity index (χ0n) is 15.5. The fourth-order valence-corrected chi connectivity index (χ4v) is 2.80. The zero-order valence-corrected chi connectivity index (χ0v) is 16.2. The maximum Gasteiger partial charge on any atom is 0.416 e. The summed E-state index contributed by atoms with van der Waals surface area (Å²) in [5.41, 5.74) is 0.707. The summed E-state index contributed by atoms with van der Waals surface area (Å²) in [6, 6.07) is 10.6. The van der Waals surface area contributed by atoms with Crippen LogP contribution in [-0.4, -0.2) is 40.5 Å². The van der Waals surface area contributed by atoms with Gasteiger partial charge in [-0.2, -0.15) is 13.9 Å². The molecule has 0 saturated heterocycles. The second-order valence-corrected chi connectivity index (χ2v) is 6.47. The number of aromatic nitrogens is 3. The van der Waals surface area contributed by atoms with Gasteiger partial charge in [-0.25, -0.2) is 22.8 Å². The number of aryl methyl sites for hydroxylation is 1. The van der Waals surface area contributed by atoms with Crippen molar-refractivity contribution < 1.29 is 31.4 Å². The first-order valence-electron chi connectivity index (χ1n) is 8.57. The number of nitrogens with zero attached hydrogens (tertiary/aromatic N) is 3. The lowest BCUT2D eigenvalue weighted by Crippen LogP contribution is -2.31. The van der Waals surface area contributed by atoms with E-state index < -0.39 is 25.0 Å². The van der Waals surface area contributed by atoms with Crippen LogP contribution in [0.25, 0.3) is 22.8 Å². The quantitative estimate of drug-likeness (QED) is 0.352. The van der Waals surface area contributed by atoms with Gasteiger partial charge in [0.25, 0.3) is 0 Å². The summed E-state index contributed by atoms with van der Waals surface area (Å²) in [6.07, 6.45) is -8.43. The van der Waals surface area contributed by atoms with E-state index in [-0.39, 0.29) is 23.0 Å². The second kappa shape index (κ2) is 8.97. The molecule has 0 aliphatic rings. The van der Waals surface area contributed by atoms with Gasteiger partial charge in [0, 0.05) is 12.6 Å². The Morgan fingerprint density at radius 3 is 2.43 bits per heavy atom. The van der Waals surface area contributed by atoms with Crippen LogP contribution in [0.15, 0.2) is 42.5 Å². The van der Waals surface area contributed by atoms with Crippen molar-refractivity contribution in [3.05, 3.63) is 53.3 Å². The molecule has 0 saturated carbocycles. The van der Waals surface area contributed by atoms with Crippen LogP contribution in [0.4, 0.5) is 22.0 Å². The molecule has 5 nitrogen and oxygen atoms in total. The van der Waals surface area contributed by atoms with Gasteiger partial charge in [-0.3, -0.25) is 0 Å². The lowest BCUT2D eigenvalue weighted by atomic mass is 10.2. The first-order valence-corrected chi connectivity index (χ1v) is 8.95. The van der Waals surface area contributed by atoms with Crippen molar-refractivity contribution in [3.63, 3.8) is 0 Å². The van der Waals surface area contributed by atoms with Gasteiger partial charge in [0.05, 0.1) is 17.2 Å². The first-order chi connectivity index (χ1) is 14.2. The van der Waals surface area contributed by atoms with Gasteiger partial charge in [0.15, 0.2) is 11.6 Å². The third-order valence-corrected chi connectivity index (χ3v) is 4.28. The van der Waals surface area contributed by atoms with Crippen LogP contribution in [0.3, 0.4) is 0 Å². The molecule has 3 rings (SSSR count). The summed E-state index contributed by atoms with van der Waals surface area (Å²) >= 11 is 6.05. The summed E-state index contributed by atoms with van der Waals surface area (Å²) in [5, 5.41) is 4.38. The molecule has 0 amide bonds. The Morgan fingerprint density at radius 1 is 1.10 bits per heavy atom. The van der Waals surface area contributed by atoms with Gasteiger partial charge in [0.2, 0.25) is 0 Å². The molecule has 30 heavy (non-hydrogen) atoms. The molecule has 0 bridgehead atoms. The molecule has 0 atom stereocenters. The van der Waals surface area contributed by atoms with E-state index in [1.165, 1.54) is 35.0 Å². The number of rotatable bonds is 8. The highest BCUT2D eigenvalue weighted by atomic mass is 35.5. The van der Waals surface area contributed by atoms with Crippen LogP contribution in [0.2, 0.25) is 5.02 Å². The number of hydrogen-bond acceptors (Lipinski definition) is 4. The minimum absolute atomic E-state index is 0.0848. The van der Waals surface area contributed by atoms with E-state index in [4.69, 9.17) is 16.3 Å². The van der Waals surface area contributed by atoms with Crippen molar-refractivity contribution in [3.8, 4) is 28.5 Å². The molecular weight excluding hydrogens is 433 g/mol. The Bertz CT molecular complexity index is 992. The number of hydrogen-bond donors (Lipinski definition) is 0. The third-order valence-electron chi connectivity index (χ3n) is 3.96. The first kappa shape index (κ1) is 22.0. The molecule has 0 radical (unpaired) electrons. The lowest BCUT2D eigenvalue weighted by Gasteiger charge is -2.15. The second-order valence-electron chi connectivity index (χ2n) is 6.06. The normalized spacial score (nSPS) is 11.9. The van der Waals surface area contributed by atoms with E-state index in [1.807, 2.05) is 0 Å². The van der Waals surface area contributed by atoms with Crippen LogP contribution in [0.1, 0.15) is 0 Å². The molecule has 1 heterocycles. The van der Waals surface area contributed by atoms with E-state index in [2.05, 4.69) is 14.8 Å². The van der Waals surface area contributed by atoms with Gasteiger partial charge in [-0.1, -0.05) is 17.7 Å². The summed E-state index contributed by atoms with van der Waals surface area (Å²) in [4.78, 5) is 4.33. The molecule has 0 fully saturated rings. The topological polar surface area (TPSA) is 49.2 Å². The molecule has 0 unspecified atom stereocenters. The van der Waals surface area contributed by atoms with E-state index in [0.29, 0.717) is 17.1 Å². The maximum atomic E-state index is 14.1. The molecule has 160 valence electrons. The molecule has 0 aliphatic heterocycles. The average Bonchev–Trinajstić information content (AvgIpc) is 3.06. The minimum atomic E-state index is -4.52. The smallest absolute Gasteiger partial charge is 0.416 e. The Balaban J connectivity index is 1.68. The molecule has 1 aromatic heterocycles. The predicted molar refractivity (Wildman–Crippen MR) is 99.2 cm³/mol. The number of halogens is 6. The van der Waals surface area contributed by atoms with Crippen molar-refractivity contribution in [1.82, 2.24) is 14.8 Å². The van der Waals surface area contributed by atoms with Gasteiger partial charge < -0.3 is 9.47 Å². The van der Waals surface area contributed by atoms with Crippen molar-refractivity contribution in [2.45, 2.75) is 12.5 Å². The van der Waals surface area contributed by atoms with E-state index in [9.17, 15) is 22.0 Å². The largest absolute Gasteiger partial charge is 0.491 e. The van der Waals surface area contributed by atoms with E-state index in [1.54, 1.807) is 19.2 Å². The Labute approximate surface area is 173 Å². The average molecular weight is 448 g/mol. The highest BCUT2D eigenvalue weighted by Crippen LogP contribution is 2.30. The highest BCUT2D eigenvalue weighted by Gasteiger charge is 2.42. The maximum absolute atomic E-state index is 14.1. The minimum Gasteiger partial charge on any atom is -0.491 e. The Morgan fingerprint density at radius 2 is 1.80 bits per heavy atom. The molecule has 0 aliphatic carbocycles. The molecule has 0 spiro atoms. The summed E-state index contributed by atoms with van der Waals surface area (Å²) < 4.78 is 73.9. The van der Waals surface area contributed by atoms with Gasteiger partial charge in [0.1, 0.15) is 18.2 Å². The fourth-order valence-electron chi connectivity index (χ4n) is 2.55. The van der Waals surface area contributed by atoms with Crippen LogP contribution in [0, 0.1) is 5.82 Å². The third kappa shape index (κ3) is 4.88. The van der Waals surface area contributed by atoms with E-state index in [0.717, 1.165) is 0 Å². The van der Waals surface area contributed by atoms with Gasteiger partial charge >= 0.3 is 12.5 Å². The SMILES string of the molecule is Cn1nc(-c2c(F)cccc2Cl)nc1-c1ccc(OCCOC(F)(F)C(F)F)cc1. The number of ether oxygens (including phenoxy) is 2. The molecule has 2 aromatic carbocycles. The fraction of sp³-hybridized carbons (Fsp3) is 0.263. The van der Waals surface area contributed by atoms with Gasteiger partial charge in [-0.05, 0) is 36.4 Å². The highest BCUT2D eigenvalue weighted by molar-refractivity contribution is 6.33. The molecule has 11 heteroatoms. The number of alkyl halides is 4. The van der Waals surface area contributed by atoms with Gasteiger partial charge in [-0.15, -0.1) is 0 Å². The Hall–Kier alpha value is -2.72. The summed E-state index contributed by atoms with van der Waals surface area (Å²) in [5.74, 6) is 0.300. The predicted octanol–water partition coefficient (Wildman–Crippen LogP) is 5.19. The molecular formula is C19H15ClF5N3O2. The van der Waals surface area contributed by atoms with E-state index >= 15 is 0 Å². The van der Waals surface area contributed by atoms with Crippen molar-refractivity contribution in [2.24, 2.45) is 7.05 Å². The zero-order chi connectivity index (χ0) is 21.9. The van der Waals surface area contributed by atoms with Crippen molar-refractivity contribution in [1.29, 1.82) is 0 Å². The standard InChI is InChI=1S/C19H15ClF5N3O2/c1-28-17(26-16(27-28)15-13(20)3-2-4-14(15)21)11-5-7-12(8-6-11)29-9-10-30-19(24,25)18(22)23/h2-8,18H,9-10H2,1H3. The van der Waals surface area contributed by atoms with Crippen molar-refractivity contribution in [2.75, 3.05) is 13.2 Å². The van der Waals surface area contributed by atoms with Crippen LogP contribution in [-0.2, 0) is 11.8 Å². The monoisotopic (exact) mass is 447 g/mol. The summed E-state index contributed by atoms with van der Waals surface area (Å²) in [7, 11) is 1.63. The molecule has 3 aromatic rings. The van der Waals surface area contributed by atoms with Crippen molar-refractivity contribution >= 4 is 11.6 Å².